The first kappa shape index (κ1) is 11.2. The van der Waals surface area contributed by atoms with E-state index in [9.17, 15) is 4.39 Å². The Kier molecular flexibility index (Phi) is 3.25. The molecule has 0 saturated heterocycles. The van der Waals surface area contributed by atoms with Crippen molar-refractivity contribution in [3.05, 3.63) is 58.9 Å². The van der Waals surface area contributed by atoms with Gasteiger partial charge in [0, 0.05) is 11.6 Å². The first-order valence-electron chi connectivity index (χ1n) is 5.18. The minimum atomic E-state index is -0.181. The average Bonchev–Trinajstić information content (AvgIpc) is 2.29. The second-order valence-electron chi connectivity index (χ2n) is 3.52. The quantitative estimate of drug-likeness (QED) is 0.716. The van der Waals surface area contributed by atoms with Crippen LogP contribution in [0.4, 0.5) is 4.39 Å². The Bertz CT molecular complexity index is 506. The SMILES string of the molecule is CCc1c(F)cccc1-c1ccc[c]c1Cl. The zero-order chi connectivity index (χ0) is 11.5. The van der Waals surface area contributed by atoms with Crippen LogP contribution in [0.5, 0.6) is 0 Å². The average molecular weight is 234 g/mol. The molecule has 81 valence electrons. The number of hydrogen-bond donors (Lipinski definition) is 0. The monoisotopic (exact) mass is 233 g/mol. The van der Waals surface area contributed by atoms with Crippen molar-refractivity contribution in [3.8, 4) is 11.1 Å². The molecule has 0 aromatic heterocycles. The molecule has 0 bridgehead atoms. The summed E-state index contributed by atoms with van der Waals surface area (Å²) in [6.07, 6.45) is 0.646. The summed E-state index contributed by atoms with van der Waals surface area (Å²) in [5, 5.41) is 0.530. The molecule has 2 rings (SSSR count). The topological polar surface area (TPSA) is 0 Å². The lowest BCUT2D eigenvalue weighted by molar-refractivity contribution is 0.613. The maximum absolute atomic E-state index is 13.6. The van der Waals surface area contributed by atoms with E-state index in [-0.39, 0.29) is 5.82 Å². The van der Waals surface area contributed by atoms with Crippen LogP contribution in [0, 0.1) is 11.9 Å². The maximum atomic E-state index is 13.6. The fourth-order valence-corrected chi connectivity index (χ4v) is 2.02. The molecule has 0 nitrogen and oxygen atoms in total. The number of rotatable bonds is 2. The molecule has 0 fully saturated rings. The van der Waals surface area contributed by atoms with Gasteiger partial charge < -0.3 is 0 Å². The Morgan fingerprint density at radius 2 is 1.94 bits per heavy atom. The highest BCUT2D eigenvalue weighted by Crippen LogP contribution is 2.31. The van der Waals surface area contributed by atoms with Crippen LogP contribution in [0.3, 0.4) is 0 Å². The Morgan fingerprint density at radius 1 is 1.19 bits per heavy atom. The third-order valence-electron chi connectivity index (χ3n) is 2.57. The van der Waals surface area contributed by atoms with Gasteiger partial charge in [0.15, 0.2) is 0 Å². The molecule has 2 aromatic rings. The van der Waals surface area contributed by atoms with E-state index in [0.29, 0.717) is 17.0 Å². The van der Waals surface area contributed by atoms with Gasteiger partial charge in [-0.25, -0.2) is 4.39 Å². The van der Waals surface area contributed by atoms with Crippen molar-refractivity contribution in [2.24, 2.45) is 0 Å². The molecule has 2 heteroatoms. The fourth-order valence-electron chi connectivity index (χ4n) is 1.79. The van der Waals surface area contributed by atoms with Crippen LogP contribution in [0.2, 0.25) is 5.02 Å². The van der Waals surface area contributed by atoms with Crippen molar-refractivity contribution in [1.29, 1.82) is 0 Å². The van der Waals surface area contributed by atoms with Gasteiger partial charge in [0.1, 0.15) is 5.82 Å². The van der Waals surface area contributed by atoms with Crippen LogP contribution in [-0.2, 0) is 6.42 Å². The van der Waals surface area contributed by atoms with E-state index in [0.717, 1.165) is 11.1 Å². The van der Waals surface area contributed by atoms with Crippen molar-refractivity contribution in [1.82, 2.24) is 0 Å². The molecule has 0 aliphatic carbocycles. The van der Waals surface area contributed by atoms with E-state index in [2.05, 4.69) is 6.07 Å². The van der Waals surface area contributed by atoms with Gasteiger partial charge in [-0.2, -0.15) is 0 Å². The first-order valence-corrected chi connectivity index (χ1v) is 5.55. The molecule has 0 amide bonds. The molecule has 2 aromatic carbocycles. The van der Waals surface area contributed by atoms with Crippen molar-refractivity contribution in [3.63, 3.8) is 0 Å². The molecule has 16 heavy (non-hydrogen) atoms. The van der Waals surface area contributed by atoms with Gasteiger partial charge in [0.05, 0.1) is 5.02 Å². The van der Waals surface area contributed by atoms with Crippen molar-refractivity contribution in [2.75, 3.05) is 0 Å². The van der Waals surface area contributed by atoms with E-state index in [1.807, 2.05) is 25.1 Å². The molecule has 0 aliphatic heterocycles. The molecule has 0 unspecified atom stereocenters. The summed E-state index contributed by atoms with van der Waals surface area (Å²) in [7, 11) is 0. The lowest BCUT2D eigenvalue weighted by Gasteiger charge is -2.10. The molecule has 0 spiro atoms. The van der Waals surface area contributed by atoms with Crippen LogP contribution >= 0.6 is 11.6 Å². The molecule has 0 heterocycles. The normalized spacial score (nSPS) is 10.4. The van der Waals surface area contributed by atoms with Gasteiger partial charge in [0.25, 0.3) is 0 Å². The summed E-state index contributed by atoms with van der Waals surface area (Å²) < 4.78 is 13.6. The predicted molar refractivity (Wildman–Crippen MR) is 65.1 cm³/mol. The molecular formula is C14H11ClF. The number of benzene rings is 2. The lowest BCUT2D eigenvalue weighted by Crippen LogP contribution is -1.92. The third-order valence-corrected chi connectivity index (χ3v) is 2.88. The van der Waals surface area contributed by atoms with E-state index in [1.165, 1.54) is 6.07 Å². The number of hydrogen-bond acceptors (Lipinski definition) is 0. The lowest BCUT2D eigenvalue weighted by atomic mass is 9.98. The summed E-state index contributed by atoms with van der Waals surface area (Å²) in [6.45, 7) is 1.93. The Balaban J connectivity index is 2.65. The molecule has 0 aliphatic rings. The van der Waals surface area contributed by atoms with E-state index < -0.39 is 0 Å². The fraction of sp³-hybridized carbons (Fsp3) is 0.143. The van der Waals surface area contributed by atoms with Gasteiger partial charge in [-0.15, -0.1) is 0 Å². The van der Waals surface area contributed by atoms with Gasteiger partial charge in [-0.3, -0.25) is 0 Å². The minimum Gasteiger partial charge on any atom is -0.207 e. The minimum absolute atomic E-state index is 0.181. The second-order valence-corrected chi connectivity index (χ2v) is 3.90. The van der Waals surface area contributed by atoms with E-state index in [1.54, 1.807) is 12.1 Å². The zero-order valence-electron chi connectivity index (χ0n) is 8.93. The smallest absolute Gasteiger partial charge is 0.127 e. The summed E-state index contributed by atoms with van der Waals surface area (Å²) in [5.41, 5.74) is 2.38. The Labute approximate surface area is 99.7 Å². The van der Waals surface area contributed by atoms with Gasteiger partial charge in [0.2, 0.25) is 0 Å². The highest BCUT2D eigenvalue weighted by Gasteiger charge is 2.10. The van der Waals surface area contributed by atoms with E-state index >= 15 is 0 Å². The molecule has 0 saturated carbocycles. The van der Waals surface area contributed by atoms with Crippen LogP contribution in [-0.4, -0.2) is 0 Å². The summed E-state index contributed by atoms with van der Waals surface area (Å²) in [6, 6.07) is 13.5. The van der Waals surface area contributed by atoms with Crippen LogP contribution in [0.15, 0.2) is 36.4 Å². The maximum Gasteiger partial charge on any atom is 0.127 e. The van der Waals surface area contributed by atoms with Crippen molar-refractivity contribution >= 4 is 11.6 Å². The molecular weight excluding hydrogens is 223 g/mol. The predicted octanol–water partition coefficient (Wildman–Crippen LogP) is 4.51. The number of halogens is 2. The summed E-state index contributed by atoms with van der Waals surface area (Å²) in [5.74, 6) is -0.181. The summed E-state index contributed by atoms with van der Waals surface area (Å²) in [4.78, 5) is 0. The Morgan fingerprint density at radius 3 is 2.62 bits per heavy atom. The largest absolute Gasteiger partial charge is 0.207 e. The van der Waals surface area contributed by atoms with Gasteiger partial charge in [-0.1, -0.05) is 48.9 Å². The first-order chi connectivity index (χ1) is 7.74. The zero-order valence-corrected chi connectivity index (χ0v) is 9.68. The standard InChI is InChI=1S/C14H11ClF/c1-2-10-11(7-5-9-14(10)16)12-6-3-4-8-13(12)15/h3-7,9H,2H2,1H3. The highest BCUT2D eigenvalue weighted by molar-refractivity contribution is 6.33. The Hall–Kier alpha value is -1.34. The third kappa shape index (κ3) is 1.96. The highest BCUT2D eigenvalue weighted by atomic mass is 35.5. The van der Waals surface area contributed by atoms with E-state index in [4.69, 9.17) is 11.6 Å². The van der Waals surface area contributed by atoms with Crippen molar-refractivity contribution < 1.29 is 4.39 Å². The van der Waals surface area contributed by atoms with Gasteiger partial charge >= 0.3 is 0 Å². The van der Waals surface area contributed by atoms with Gasteiger partial charge in [-0.05, 0) is 23.6 Å². The molecule has 1 radical (unpaired) electrons. The second kappa shape index (κ2) is 4.67. The molecule has 0 atom stereocenters. The van der Waals surface area contributed by atoms with Crippen molar-refractivity contribution in [2.45, 2.75) is 13.3 Å². The van der Waals surface area contributed by atoms with Crippen LogP contribution < -0.4 is 0 Å². The molecule has 0 N–H and O–H groups in total. The summed E-state index contributed by atoms with van der Waals surface area (Å²) >= 11 is 6.06. The van der Waals surface area contributed by atoms with Crippen LogP contribution in [0.25, 0.3) is 11.1 Å². The van der Waals surface area contributed by atoms with Crippen LogP contribution in [0.1, 0.15) is 12.5 Å².